The lowest BCUT2D eigenvalue weighted by Gasteiger charge is -2.36. The molecule has 1 saturated carbocycles. The molecule has 2 rings (SSSR count). The van der Waals surface area contributed by atoms with Crippen molar-refractivity contribution in [1.29, 1.82) is 0 Å². The zero-order chi connectivity index (χ0) is 17.1. The molecule has 1 aliphatic rings. The maximum absolute atomic E-state index is 12.5. The highest BCUT2D eigenvalue weighted by molar-refractivity contribution is 5.94. The summed E-state index contributed by atoms with van der Waals surface area (Å²) < 4.78 is 0. The molecule has 1 aromatic carbocycles. The molecule has 4 heteroatoms. The molecule has 2 amide bonds. The van der Waals surface area contributed by atoms with E-state index in [1.54, 1.807) is 7.05 Å². The van der Waals surface area contributed by atoms with Crippen molar-refractivity contribution in [2.75, 3.05) is 12.4 Å². The van der Waals surface area contributed by atoms with E-state index < -0.39 is 10.8 Å². The summed E-state index contributed by atoms with van der Waals surface area (Å²) in [7, 11) is 1.70. The van der Waals surface area contributed by atoms with Crippen LogP contribution in [0.3, 0.4) is 0 Å². The molecule has 126 valence electrons. The van der Waals surface area contributed by atoms with Crippen molar-refractivity contribution in [1.82, 2.24) is 5.32 Å². The van der Waals surface area contributed by atoms with Crippen LogP contribution in [0.15, 0.2) is 24.3 Å². The second-order valence-corrected chi connectivity index (χ2v) is 7.50. The van der Waals surface area contributed by atoms with Crippen molar-refractivity contribution in [2.24, 2.45) is 5.41 Å². The van der Waals surface area contributed by atoms with E-state index in [1.807, 2.05) is 45.0 Å². The summed E-state index contributed by atoms with van der Waals surface area (Å²) >= 11 is 0. The predicted octanol–water partition coefficient (Wildman–Crippen LogP) is 3.62. The number of benzene rings is 1. The van der Waals surface area contributed by atoms with Crippen molar-refractivity contribution in [3.63, 3.8) is 0 Å². The molecular weight excluding hydrogens is 288 g/mol. The molecule has 0 aromatic heterocycles. The van der Waals surface area contributed by atoms with Gasteiger partial charge in [0.2, 0.25) is 11.8 Å². The Balaban J connectivity index is 2.23. The normalized spacial score (nSPS) is 17.4. The van der Waals surface area contributed by atoms with E-state index in [-0.39, 0.29) is 11.8 Å². The Morgan fingerprint density at radius 2 is 1.57 bits per heavy atom. The zero-order valence-corrected chi connectivity index (χ0v) is 14.7. The van der Waals surface area contributed by atoms with E-state index >= 15 is 0 Å². The van der Waals surface area contributed by atoms with Gasteiger partial charge in [0.05, 0.1) is 5.41 Å². The molecule has 1 aromatic rings. The summed E-state index contributed by atoms with van der Waals surface area (Å²) in [5, 5.41) is 5.76. The van der Waals surface area contributed by atoms with Crippen molar-refractivity contribution in [3.05, 3.63) is 29.8 Å². The number of likely N-dealkylation sites (N-methyl/N-ethyl adjacent to an activating group) is 1. The number of carbonyl (C=O) groups excluding carboxylic acids is 2. The first-order chi connectivity index (χ1) is 10.8. The van der Waals surface area contributed by atoms with E-state index in [0.29, 0.717) is 0 Å². The first kappa shape index (κ1) is 17.5. The molecule has 0 bridgehead atoms. The van der Waals surface area contributed by atoms with Gasteiger partial charge in [-0.15, -0.1) is 0 Å². The lowest BCUT2D eigenvalue weighted by Crippen LogP contribution is -2.44. The van der Waals surface area contributed by atoms with Crippen molar-refractivity contribution in [2.45, 2.75) is 58.3 Å². The van der Waals surface area contributed by atoms with E-state index in [0.717, 1.165) is 36.9 Å². The molecule has 0 aliphatic heterocycles. The Kier molecular flexibility index (Phi) is 5.12. The van der Waals surface area contributed by atoms with Crippen LogP contribution in [0, 0.1) is 5.41 Å². The molecule has 0 unspecified atom stereocenters. The Labute approximate surface area is 139 Å². The zero-order valence-electron chi connectivity index (χ0n) is 14.7. The van der Waals surface area contributed by atoms with Crippen molar-refractivity contribution >= 4 is 17.5 Å². The highest BCUT2D eigenvalue weighted by Gasteiger charge is 2.40. The smallest absolute Gasteiger partial charge is 0.230 e. The monoisotopic (exact) mass is 316 g/mol. The molecule has 0 spiro atoms. The molecule has 2 N–H and O–H groups in total. The Morgan fingerprint density at radius 3 is 2.04 bits per heavy atom. The highest BCUT2D eigenvalue weighted by atomic mass is 16.2. The number of hydrogen-bond acceptors (Lipinski definition) is 2. The van der Waals surface area contributed by atoms with Crippen LogP contribution in [0.1, 0.15) is 58.4 Å². The minimum atomic E-state index is -0.425. The van der Waals surface area contributed by atoms with Crippen LogP contribution < -0.4 is 10.6 Å². The summed E-state index contributed by atoms with van der Waals surface area (Å²) in [6.07, 6.45) is 5.13. The van der Waals surface area contributed by atoms with Gasteiger partial charge in [0, 0.05) is 18.2 Å². The molecule has 23 heavy (non-hydrogen) atoms. The fourth-order valence-electron chi connectivity index (χ4n) is 3.23. The Hall–Kier alpha value is -1.84. The van der Waals surface area contributed by atoms with Crippen LogP contribution in [0.4, 0.5) is 5.69 Å². The molecule has 1 fully saturated rings. The fraction of sp³-hybridized carbons (Fsp3) is 0.579. The minimum Gasteiger partial charge on any atom is -0.358 e. The predicted molar refractivity (Wildman–Crippen MR) is 93.4 cm³/mol. The topological polar surface area (TPSA) is 58.2 Å². The lowest BCUT2D eigenvalue weighted by molar-refractivity contribution is -0.127. The molecular formula is C19H28N2O2. The molecule has 4 nitrogen and oxygen atoms in total. The van der Waals surface area contributed by atoms with Crippen molar-refractivity contribution < 1.29 is 9.59 Å². The van der Waals surface area contributed by atoms with Gasteiger partial charge in [0.1, 0.15) is 0 Å². The molecule has 0 saturated heterocycles. The Morgan fingerprint density at radius 1 is 1.00 bits per heavy atom. The fourth-order valence-corrected chi connectivity index (χ4v) is 3.23. The standard InChI is InChI=1S/C19H28N2O2/c1-18(2,3)16(22)21-15-10-8-14(9-11-15)19(17(23)20-4)12-6-5-7-13-19/h8-11H,5-7,12-13H2,1-4H3,(H,20,23)(H,21,22). The number of hydrogen-bond donors (Lipinski definition) is 2. The summed E-state index contributed by atoms with van der Waals surface area (Å²) in [6.45, 7) is 5.66. The van der Waals surface area contributed by atoms with Gasteiger partial charge in [-0.2, -0.15) is 0 Å². The van der Waals surface area contributed by atoms with E-state index in [1.165, 1.54) is 6.42 Å². The average Bonchev–Trinajstić information content (AvgIpc) is 2.54. The van der Waals surface area contributed by atoms with Gasteiger partial charge in [0.15, 0.2) is 0 Å². The van der Waals surface area contributed by atoms with Gasteiger partial charge in [-0.25, -0.2) is 0 Å². The molecule has 0 atom stereocenters. The van der Waals surface area contributed by atoms with E-state index in [9.17, 15) is 9.59 Å². The number of anilines is 1. The summed E-state index contributed by atoms with van der Waals surface area (Å²) in [5.74, 6) is 0.0904. The summed E-state index contributed by atoms with van der Waals surface area (Å²) in [6, 6.07) is 7.77. The van der Waals surface area contributed by atoms with Crippen LogP contribution in [0.25, 0.3) is 0 Å². The number of nitrogens with one attached hydrogen (secondary N) is 2. The lowest BCUT2D eigenvalue weighted by atomic mass is 9.68. The molecule has 0 radical (unpaired) electrons. The van der Waals surface area contributed by atoms with Crippen LogP contribution >= 0.6 is 0 Å². The molecule has 0 heterocycles. The first-order valence-corrected chi connectivity index (χ1v) is 8.44. The highest BCUT2D eigenvalue weighted by Crippen LogP contribution is 2.40. The van der Waals surface area contributed by atoms with E-state index in [4.69, 9.17) is 0 Å². The van der Waals surface area contributed by atoms with Gasteiger partial charge in [-0.3, -0.25) is 9.59 Å². The van der Waals surface area contributed by atoms with Gasteiger partial charge in [0.25, 0.3) is 0 Å². The summed E-state index contributed by atoms with van der Waals surface area (Å²) in [5.41, 5.74) is 0.979. The second-order valence-electron chi connectivity index (χ2n) is 7.50. The van der Waals surface area contributed by atoms with Crippen LogP contribution in [0.2, 0.25) is 0 Å². The minimum absolute atomic E-state index is 0.0102. The van der Waals surface area contributed by atoms with Gasteiger partial charge in [-0.05, 0) is 30.5 Å². The number of carbonyl (C=O) groups is 2. The summed E-state index contributed by atoms with van der Waals surface area (Å²) in [4.78, 5) is 24.6. The third-order valence-corrected chi connectivity index (χ3v) is 4.75. The van der Waals surface area contributed by atoms with Gasteiger partial charge in [-0.1, -0.05) is 52.2 Å². The third kappa shape index (κ3) is 3.74. The number of rotatable bonds is 3. The van der Waals surface area contributed by atoms with E-state index in [2.05, 4.69) is 10.6 Å². The SMILES string of the molecule is CNC(=O)C1(c2ccc(NC(=O)C(C)(C)C)cc2)CCCCC1. The Bertz CT molecular complexity index is 564. The third-order valence-electron chi connectivity index (χ3n) is 4.75. The quantitative estimate of drug-likeness (QED) is 0.895. The maximum atomic E-state index is 12.5. The first-order valence-electron chi connectivity index (χ1n) is 8.44. The average molecular weight is 316 g/mol. The largest absolute Gasteiger partial charge is 0.358 e. The van der Waals surface area contributed by atoms with Gasteiger partial charge < -0.3 is 10.6 Å². The second kappa shape index (κ2) is 6.73. The van der Waals surface area contributed by atoms with Crippen LogP contribution in [-0.2, 0) is 15.0 Å². The van der Waals surface area contributed by atoms with Crippen LogP contribution in [-0.4, -0.2) is 18.9 Å². The number of amides is 2. The van der Waals surface area contributed by atoms with Crippen LogP contribution in [0.5, 0.6) is 0 Å². The maximum Gasteiger partial charge on any atom is 0.230 e. The van der Waals surface area contributed by atoms with Gasteiger partial charge >= 0.3 is 0 Å². The van der Waals surface area contributed by atoms with Crippen molar-refractivity contribution in [3.8, 4) is 0 Å². The molecule has 1 aliphatic carbocycles.